The second-order valence-electron chi connectivity index (χ2n) is 6.38. The summed E-state index contributed by atoms with van der Waals surface area (Å²) in [5.41, 5.74) is 2.58. The zero-order valence-corrected chi connectivity index (χ0v) is 13.7. The van der Waals surface area contributed by atoms with E-state index in [-0.39, 0.29) is 0 Å². The Morgan fingerprint density at radius 1 is 0.957 bits per heavy atom. The van der Waals surface area contributed by atoms with Crippen molar-refractivity contribution in [3.63, 3.8) is 0 Å². The first-order valence-electron chi connectivity index (χ1n) is 8.60. The Labute approximate surface area is 137 Å². The quantitative estimate of drug-likeness (QED) is 0.685. The van der Waals surface area contributed by atoms with E-state index >= 15 is 0 Å². The summed E-state index contributed by atoms with van der Waals surface area (Å²) in [6.45, 7) is 2.89. The number of hydrogen-bond donors (Lipinski definition) is 0. The Morgan fingerprint density at radius 3 is 2.13 bits per heavy atom. The average Bonchev–Trinajstić information content (AvgIpc) is 2.61. The number of nitrogens with zero attached hydrogens (tertiary/aromatic N) is 1. The first-order valence-corrected chi connectivity index (χ1v) is 8.60. The fourth-order valence-electron chi connectivity index (χ4n) is 3.44. The van der Waals surface area contributed by atoms with Crippen LogP contribution in [0.4, 0.5) is 4.39 Å². The summed E-state index contributed by atoms with van der Waals surface area (Å²) in [7, 11) is 0. The van der Waals surface area contributed by atoms with Crippen LogP contribution in [0.15, 0.2) is 42.6 Å². The van der Waals surface area contributed by atoms with Crippen molar-refractivity contribution < 1.29 is 9.13 Å². The van der Waals surface area contributed by atoms with Crippen LogP contribution in [-0.4, -0.2) is 11.6 Å². The Kier molecular flexibility index (Phi) is 5.27. The molecule has 2 nitrogen and oxygen atoms in total. The lowest BCUT2D eigenvalue weighted by Crippen LogP contribution is -2.12. The Morgan fingerprint density at radius 2 is 1.57 bits per heavy atom. The molecule has 2 aromatic rings. The molecule has 0 radical (unpaired) electrons. The van der Waals surface area contributed by atoms with Crippen LogP contribution in [0.1, 0.15) is 62.0 Å². The summed E-state index contributed by atoms with van der Waals surface area (Å²) in [4.78, 5) is 3.79. The largest absolute Gasteiger partial charge is 0.494 e. The molecule has 1 aliphatic carbocycles. The van der Waals surface area contributed by atoms with Crippen molar-refractivity contribution in [2.75, 3.05) is 6.61 Å². The van der Waals surface area contributed by atoms with E-state index in [1.807, 2.05) is 6.07 Å². The van der Waals surface area contributed by atoms with Gasteiger partial charge in [-0.05, 0) is 73.3 Å². The lowest BCUT2D eigenvalue weighted by molar-refractivity contribution is 0.317. The van der Waals surface area contributed by atoms with Crippen molar-refractivity contribution in [3.8, 4) is 5.75 Å². The molecule has 0 aliphatic heterocycles. The van der Waals surface area contributed by atoms with Gasteiger partial charge in [0.1, 0.15) is 5.75 Å². The van der Waals surface area contributed by atoms with E-state index in [1.165, 1.54) is 30.0 Å². The van der Waals surface area contributed by atoms with Gasteiger partial charge in [0.15, 0.2) is 0 Å². The molecule has 0 bridgehead atoms. The van der Waals surface area contributed by atoms with E-state index in [0.29, 0.717) is 11.8 Å². The highest BCUT2D eigenvalue weighted by Gasteiger charge is 2.23. The molecule has 0 amide bonds. The number of aromatic nitrogens is 1. The third kappa shape index (κ3) is 4.10. The highest BCUT2D eigenvalue weighted by atomic mass is 19.1. The topological polar surface area (TPSA) is 22.1 Å². The predicted molar refractivity (Wildman–Crippen MR) is 90.4 cm³/mol. The van der Waals surface area contributed by atoms with Gasteiger partial charge in [0.2, 0.25) is 5.95 Å². The minimum Gasteiger partial charge on any atom is -0.494 e. The van der Waals surface area contributed by atoms with Crippen LogP contribution < -0.4 is 4.74 Å². The van der Waals surface area contributed by atoms with Crippen LogP contribution in [0.2, 0.25) is 0 Å². The molecular weight excluding hydrogens is 289 g/mol. The molecule has 3 heteroatoms. The summed E-state index contributed by atoms with van der Waals surface area (Å²) >= 11 is 0. The number of hydrogen-bond acceptors (Lipinski definition) is 2. The Bertz CT molecular complexity index is 601. The van der Waals surface area contributed by atoms with Crippen LogP contribution in [0.5, 0.6) is 5.75 Å². The Balaban J connectivity index is 1.57. The number of ether oxygens (including phenoxy) is 1. The standard InChI is InChI=1S/C20H24FNO/c1-2-13-23-19-10-7-16(8-11-19)15-3-5-17(6-4-15)18-9-12-20(21)22-14-18/h7-12,14-15,17H,2-6,13H2,1H3. The van der Waals surface area contributed by atoms with E-state index in [0.717, 1.165) is 31.6 Å². The molecule has 1 heterocycles. The fourth-order valence-corrected chi connectivity index (χ4v) is 3.44. The molecule has 0 saturated heterocycles. The summed E-state index contributed by atoms with van der Waals surface area (Å²) in [5.74, 6) is 1.71. The third-order valence-corrected chi connectivity index (χ3v) is 4.77. The smallest absolute Gasteiger partial charge is 0.212 e. The van der Waals surface area contributed by atoms with Crippen LogP contribution in [0, 0.1) is 5.95 Å². The highest BCUT2D eigenvalue weighted by molar-refractivity contribution is 5.30. The molecule has 1 aromatic carbocycles. The highest BCUT2D eigenvalue weighted by Crippen LogP contribution is 2.40. The molecular formula is C20H24FNO. The minimum atomic E-state index is -0.396. The monoisotopic (exact) mass is 313 g/mol. The number of pyridine rings is 1. The van der Waals surface area contributed by atoms with Crippen molar-refractivity contribution in [1.82, 2.24) is 4.98 Å². The third-order valence-electron chi connectivity index (χ3n) is 4.77. The van der Waals surface area contributed by atoms with E-state index in [2.05, 4.69) is 36.2 Å². The second kappa shape index (κ2) is 7.58. The maximum Gasteiger partial charge on any atom is 0.212 e. The molecule has 0 N–H and O–H groups in total. The summed E-state index contributed by atoms with van der Waals surface area (Å²) < 4.78 is 18.6. The van der Waals surface area contributed by atoms with Crippen LogP contribution >= 0.6 is 0 Å². The molecule has 23 heavy (non-hydrogen) atoms. The molecule has 1 saturated carbocycles. The molecule has 1 aliphatic rings. The normalized spacial score (nSPS) is 21.1. The summed E-state index contributed by atoms with van der Waals surface area (Å²) in [6.07, 6.45) is 7.37. The zero-order valence-electron chi connectivity index (χ0n) is 13.7. The lowest BCUT2D eigenvalue weighted by atomic mass is 9.76. The van der Waals surface area contributed by atoms with Crippen molar-refractivity contribution in [2.45, 2.75) is 50.9 Å². The number of benzene rings is 1. The molecule has 3 rings (SSSR count). The molecule has 0 atom stereocenters. The average molecular weight is 313 g/mol. The van der Waals surface area contributed by atoms with Gasteiger partial charge in [-0.15, -0.1) is 0 Å². The lowest BCUT2D eigenvalue weighted by Gasteiger charge is -2.29. The second-order valence-corrected chi connectivity index (χ2v) is 6.38. The minimum absolute atomic E-state index is 0.396. The van der Waals surface area contributed by atoms with E-state index < -0.39 is 5.95 Å². The molecule has 0 unspecified atom stereocenters. The molecule has 1 fully saturated rings. The fraction of sp³-hybridized carbons (Fsp3) is 0.450. The van der Waals surface area contributed by atoms with Gasteiger partial charge in [-0.2, -0.15) is 4.39 Å². The summed E-state index contributed by atoms with van der Waals surface area (Å²) in [6, 6.07) is 11.9. The van der Waals surface area contributed by atoms with Gasteiger partial charge in [0, 0.05) is 6.20 Å². The first-order chi connectivity index (χ1) is 11.3. The van der Waals surface area contributed by atoms with Crippen molar-refractivity contribution in [3.05, 3.63) is 59.7 Å². The van der Waals surface area contributed by atoms with Gasteiger partial charge in [0.05, 0.1) is 6.61 Å². The van der Waals surface area contributed by atoms with E-state index in [1.54, 1.807) is 6.20 Å². The first kappa shape index (κ1) is 16.0. The van der Waals surface area contributed by atoms with E-state index in [9.17, 15) is 4.39 Å². The zero-order chi connectivity index (χ0) is 16.1. The van der Waals surface area contributed by atoms with Gasteiger partial charge < -0.3 is 4.74 Å². The van der Waals surface area contributed by atoms with Gasteiger partial charge in [-0.25, -0.2) is 4.98 Å². The Hall–Kier alpha value is -1.90. The van der Waals surface area contributed by atoms with Crippen LogP contribution in [0.3, 0.4) is 0 Å². The summed E-state index contributed by atoms with van der Waals surface area (Å²) in [5, 5.41) is 0. The maximum absolute atomic E-state index is 12.9. The number of rotatable bonds is 5. The van der Waals surface area contributed by atoms with Crippen molar-refractivity contribution in [2.24, 2.45) is 0 Å². The molecule has 122 valence electrons. The maximum atomic E-state index is 12.9. The van der Waals surface area contributed by atoms with Crippen molar-refractivity contribution in [1.29, 1.82) is 0 Å². The SMILES string of the molecule is CCCOc1ccc(C2CCC(c3ccc(F)nc3)CC2)cc1. The van der Waals surface area contributed by atoms with Gasteiger partial charge in [-0.3, -0.25) is 0 Å². The molecule has 1 aromatic heterocycles. The van der Waals surface area contributed by atoms with Crippen molar-refractivity contribution >= 4 is 0 Å². The van der Waals surface area contributed by atoms with Gasteiger partial charge >= 0.3 is 0 Å². The van der Waals surface area contributed by atoms with Crippen LogP contribution in [-0.2, 0) is 0 Å². The van der Waals surface area contributed by atoms with Gasteiger partial charge in [0.25, 0.3) is 0 Å². The number of halogens is 1. The predicted octanol–water partition coefficient (Wildman–Crippen LogP) is 5.45. The van der Waals surface area contributed by atoms with Gasteiger partial charge in [-0.1, -0.05) is 25.1 Å². The van der Waals surface area contributed by atoms with Crippen LogP contribution in [0.25, 0.3) is 0 Å². The molecule has 0 spiro atoms. The van der Waals surface area contributed by atoms with E-state index in [4.69, 9.17) is 4.74 Å².